The molecule has 1 fully saturated rings. The van der Waals surface area contributed by atoms with E-state index in [-0.39, 0.29) is 47.1 Å². The maximum Gasteiger partial charge on any atom is 0.270 e. The predicted octanol–water partition coefficient (Wildman–Crippen LogP) is 2.16. The summed E-state index contributed by atoms with van der Waals surface area (Å²) in [5.74, 6) is 0.0623. The number of hydrogen-bond acceptors (Lipinski definition) is 9. The molecule has 0 aliphatic carbocycles. The first-order valence-electron chi connectivity index (χ1n) is 15.0. The Bertz CT molecular complexity index is 1420. The van der Waals surface area contributed by atoms with E-state index >= 15 is 0 Å². The number of hydrogen-bond donors (Lipinski definition) is 3. The molecule has 3 N–H and O–H groups in total. The van der Waals surface area contributed by atoms with Crippen molar-refractivity contribution in [2.75, 3.05) is 65.5 Å². The summed E-state index contributed by atoms with van der Waals surface area (Å²) in [5, 5.41) is 17.3. The Kier molecular flexibility index (Phi) is 13.3. The number of sulfonamides is 1. The van der Waals surface area contributed by atoms with E-state index in [1.807, 2.05) is 20.9 Å². The van der Waals surface area contributed by atoms with Crippen molar-refractivity contribution in [3.05, 3.63) is 47.7 Å². The molecule has 2 amide bonds. The zero-order valence-electron chi connectivity index (χ0n) is 27.1. The number of carbonyl (C=O) groups excluding carboxylic acids is 2. The van der Waals surface area contributed by atoms with E-state index in [4.69, 9.17) is 4.74 Å². The van der Waals surface area contributed by atoms with Gasteiger partial charge in [0, 0.05) is 45.3 Å². The topological polar surface area (TPSA) is 144 Å². The number of aliphatic hydroxyl groups excluding tert-OH is 1. The molecule has 14 heteroatoms. The first-order chi connectivity index (χ1) is 21.2. The zero-order chi connectivity index (χ0) is 33.3. The minimum Gasteiger partial charge on any atom is -0.497 e. The molecule has 0 radical (unpaired) electrons. The van der Waals surface area contributed by atoms with Crippen molar-refractivity contribution >= 4 is 42.2 Å². The zero-order valence-corrected chi connectivity index (χ0v) is 28.8. The molecule has 248 valence electrons. The fourth-order valence-corrected chi connectivity index (χ4v) is 7.14. The Hall–Kier alpha value is -3.09. The number of methoxy groups -OCH3 is 1. The third-order valence-corrected chi connectivity index (χ3v) is 9.95. The number of likely N-dealkylation sites (tertiary alicyclic amines) is 1. The monoisotopic (exact) mass is 662 g/mol. The highest BCUT2D eigenvalue weighted by Gasteiger charge is 2.32. The van der Waals surface area contributed by atoms with Crippen LogP contribution in [0.1, 0.15) is 47.5 Å². The van der Waals surface area contributed by atoms with E-state index < -0.39 is 28.1 Å². The maximum atomic E-state index is 13.7. The van der Waals surface area contributed by atoms with Crippen molar-refractivity contribution in [2.45, 2.75) is 49.8 Å². The van der Waals surface area contributed by atoms with Crippen LogP contribution in [-0.2, 0) is 10.0 Å². The number of rotatable bonds is 16. The summed E-state index contributed by atoms with van der Waals surface area (Å²) >= 11 is 0. The molecule has 1 saturated heterocycles. The average Bonchev–Trinajstić information content (AvgIpc) is 3.42. The third-order valence-electron chi connectivity index (χ3n) is 7.53. The van der Waals surface area contributed by atoms with Gasteiger partial charge in [-0.1, -0.05) is 20.1 Å². The summed E-state index contributed by atoms with van der Waals surface area (Å²) in [4.78, 5) is 35.1. The number of nitrogens with one attached hydrogen (secondary N) is 2. The number of nitrogens with zero attached hydrogens (tertiary/aromatic N) is 4. The summed E-state index contributed by atoms with van der Waals surface area (Å²) in [6.07, 6.45) is 4.40. The van der Waals surface area contributed by atoms with Crippen LogP contribution in [0.5, 0.6) is 5.75 Å². The Labute approximate surface area is 269 Å². The number of benzene rings is 1. The predicted molar refractivity (Wildman–Crippen MR) is 179 cm³/mol. The van der Waals surface area contributed by atoms with E-state index in [1.165, 1.54) is 29.6 Å². The first-order valence-corrected chi connectivity index (χ1v) is 17.7. The molecule has 1 aromatic carbocycles. The van der Waals surface area contributed by atoms with Gasteiger partial charge in [0.25, 0.3) is 11.8 Å². The van der Waals surface area contributed by atoms with Gasteiger partial charge in [-0.05, 0) is 74.9 Å². The number of carbonyl (C=O) groups is 2. The second-order valence-electron chi connectivity index (χ2n) is 12.0. The molecule has 45 heavy (non-hydrogen) atoms. The molecule has 3 atom stereocenters. The molecule has 1 aliphatic rings. The normalized spacial score (nSPS) is 17.0. The Morgan fingerprint density at radius 3 is 2.42 bits per heavy atom. The van der Waals surface area contributed by atoms with Crippen molar-refractivity contribution in [1.82, 2.24) is 24.8 Å². The summed E-state index contributed by atoms with van der Waals surface area (Å²) in [7, 11) is 3.88. The minimum absolute atomic E-state index is 0.00563. The van der Waals surface area contributed by atoms with Crippen LogP contribution in [0.4, 0.5) is 5.82 Å². The van der Waals surface area contributed by atoms with Crippen molar-refractivity contribution in [2.24, 2.45) is 5.92 Å². The van der Waals surface area contributed by atoms with Crippen LogP contribution < -0.4 is 20.3 Å². The van der Waals surface area contributed by atoms with Crippen LogP contribution in [0.3, 0.4) is 0 Å². The second-order valence-corrected chi connectivity index (χ2v) is 14.8. The lowest BCUT2D eigenvalue weighted by molar-refractivity contribution is 0.0770. The van der Waals surface area contributed by atoms with Crippen LogP contribution >= 0.6 is 8.20 Å². The van der Waals surface area contributed by atoms with Gasteiger partial charge >= 0.3 is 0 Å². The third kappa shape index (κ3) is 10.2. The fourth-order valence-electron chi connectivity index (χ4n) is 5.06. The second kappa shape index (κ2) is 16.5. The highest BCUT2D eigenvalue weighted by Crippen LogP contribution is 2.22. The van der Waals surface area contributed by atoms with E-state index in [0.29, 0.717) is 24.2 Å². The van der Waals surface area contributed by atoms with Crippen LogP contribution in [0.25, 0.3) is 0 Å². The maximum absolute atomic E-state index is 13.7. The first kappa shape index (κ1) is 36.4. The molecule has 3 rings (SSSR count). The highest BCUT2D eigenvalue weighted by molar-refractivity contribution is 7.89. The van der Waals surface area contributed by atoms with Crippen molar-refractivity contribution in [1.29, 1.82) is 0 Å². The van der Waals surface area contributed by atoms with Crippen LogP contribution in [0.15, 0.2) is 41.3 Å². The average molecular weight is 663 g/mol. The minimum atomic E-state index is -3.96. The SMILES string of the molecule is C=PCCC(NC(=O)c1cc(C(=O)NC2CCN(C)C2)nc(N(C)C)c1)C(O)CN(CC(C)C)S(=O)(=O)c1ccc(OC)cc1. The Morgan fingerprint density at radius 2 is 1.87 bits per heavy atom. The molecule has 12 nitrogen and oxygen atoms in total. The Balaban J connectivity index is 1.85. The molecular formula is C31H47N6O6PS. The molecule has 3 unspecified atom stereocenters. The van der Waals surface area contributed by atoms with Crippen LogP contribution in [0.2, 0.25) is 0 Å². The summed E-state index contributed by atoms with van der Waals surface area (Å²) in [5.41, 5.74) is 0.319. The van der Waals surface area contributed by atoms with E-state index in [1.54, 1.807) is 37.2 Å². The molecule has 0 bridgehead atoms. The molecule has 1 aliphatic heterocycles. The smallest absolute Gasteiger partial charge is 0.270 e. The van der Waals surface area contributed by atoms with Crippen molar-refractivity contribution in [3.63, 3.8) is 0 Å². The standard InChI is InChI=1S/C31H47N6O6PS/c1-21(2)18-37(45(41,42)25-10-8-24(43-6)9-11-25)20-28(38)26(13-15-44-7)34-30(39)22-16-27(33-29(17-22)35(3)4)31(40)32-23-12-14-36(5)19-23/h8-11,16-17,21,23,26,28,38H,7,12-15,18-20H2,1-6H3,(H,32,40)(H,34,39). The fraction of sp³-hybridized carbons (Fsp3) is 0.548. The summed E-state index contributed by atoms with van der Waals surface area (Å²) < 4.78 is 33.7. The van der Waals surface area contributed by atoms with Gasteiger partial charge in [-0.25, -0.2) is 13.4 Å². The number of ether oxygens (including phenoxy) is 1. The molecule has 2 aromatic rings. The lowest BCUT2D eigenvalue weighted by Gasteiger charge is -2.30. The molecule has 2 heterocycles. The molecular weight excluding hydrogens is 615 g/mol. The van der Waals surface area contributed by atoms with Crippen LogP contribution in [0, 0.1) is 5.92 Å². The van der Waals surface area contributed by atoms with E-state index in [2.05, 4.69) is 26.8 Å². The van der Waals surface area contributed by atoms with Crippen LogP contribution in [-0.4, -0.2) is 125 Å². The van der Waals surface area contributed by atoms with Gasteiger partial charge in [0.1, 0.15) is 17.3 Å². The molecule has 0 saturated carbocycles. The number of anilines is 1. The van der Waals surface area contributed by atoms with Gasteiger partial charge < -0.3 is 30.3 Å². The van der Waals surface area contributed by atoms with Gasteiger partial charge in [-0.15, -0.1) is 8.20 Å². The highest BCUT2D eigenvalue weighted by atomic mass is 32.2. The number of aromatic nitrogens is 1. The van der Waals surface area contributed by atoms with Crippen molar-refractivity contribution in [3.8, 4) is 5.75 Å². The van der Waals surface area contributed by atoms with E-state index in [0.717, 1.165) is 27.7 Å². The lowest BCUT2D eigenvalue weighted by Crippen LogP contribution is -2.50. The summed E-state index contributed by atoms with van der Waals surface area (Å²) in [6, 6.07) is 8.33. The lowest BCUT2D eigenvalue weighted by atomic mass is 10.1. The largest absolute Gasteiger partial charge is 0.497 e. The summed E-state index contributed by atoms with van der Waals surface area (Å²) in [6.45, 7) is 5.36. The number of amides is 2. The van der Waals surface area contributed by atoms with Gasteiger partial charge in [0.05, 0.1) is 24.2 Å². The Morgan fingerprint density at radius 1 is 1.18 bits per heavy atom. The van der Waals surface area contributed by atoms with Gasteiger partial charge in [0.2, 0.25) is 10.0 Å². The number of likely N-dealkylation sites (N-methyl/N-ethyl adjacent to an activating group) is 1. The van der Waals surface area contributed by atoms with Crippen molar-refractivity contribution < 1.29 is 27.9 Å². The van der Waals surface area contributed by atoms with E-state index in [9.17, 15) is 23.1 Å². The van der Waals surface area contributed by atoms with Gasteiger partial charge in [-0.2, -0.15) is 4.31 Å². The quantitative estimate of drug-likeness (QED) is 0.231. The number of aliphatic hydroxyl groups is 1. The molecule has 1 aromatic heterocycles. The number of pyridine rings is 1. The van der Waals surface area contributed by atoms with Gasteiger partial charge in [0.15, 0.2) is 0 Å². The molecule has 0 spiro atoms. The van der Waals surface area contributed by atoms with Gasteiger partial charge in [-0.3, -0.25) is 9.59 Å².